The van der Waals surface area contributed by atoms with Crippen LogP contribution in [0.4, 0.5) is 18.9 Å². The third-order valence-corrected chi connectivity index (χ3v) is 6.57. The van der Waals surface area contributed by atoms with E-state index in [1.54, 1.807) is 18.2 Å². The van der Waals surface area contributed by atoms with Crippen molar-refractivity contribution in [3.63, 3.8) is 0 Å². The Balaban J connectivity index is 1.46. The molecule has 0 atom stereocenters. The van der Waals surface area contributed by atoms with Gasteiger partial charge in [0.05, 0.1) is 25.1 Å². The van der Waals surface area contributed by atoms with Crippen molar-refractivity contribution in [3.05, 3.63) is 83.2 Å². The van der Waals surface area contributed by atoms with Crippen LogP contribution in [0.5, 0.6) is 0 Å². The smallest absolute Gasteiger partial charge is 0.379 e. The minimum atomic E-state index is -4.69. The summed E-state index contributed by atoms with van der Waals surface area (Å²) in [5, 5.41) is 6.66. The summed E-state index contributed by atoms with van der Waals surface area (Å²) < 4.78 is 48.0. The SMILES string of the molecule is CC(C)c1ccc(-c2cc(C(F)(F)F)n3ncc(C(=O)Nc4cccc(CN5CCOCC5)c4)c3n2)cc1. The maximum Gasteiger partial charge on any atom is 0.433 e. The molecule has 1 aliphatic heterocycles. The molecule has 0 aliphatic carbocycles. The first-order valence-electron chi connectivity index (χ1n) is 12.5. The van der Waals surface area contributed by atoms with E-state index in [4.69, 9.17) is 4.74 Å². The van der Waals surface area contributed by atoms with Crippen LogP contribution >= 0.6 is 0 Å². The molecule has 3 heterocycles. The summed E-state index contributed by atoms with van der Waals surface area (Å²) in [5.74, 6) is -0.306. The molecule has 5 rings (SSSR count). The highest BCUT2D eigenvalue weighted by Gasteiger charge is 2.36. The van der Waals surface area contributed by atoms with Crippen LogP contribution in [-0.4, -0.2) is 51.7 Å². The quantitative estimate of drug-likeness (QED) is 0.355. The number of fused-ring (bicyclic) bond motifs is 1. The summed E-state index contributed by atoms with van der Waals surface area (Å²) in [4.78, 5) is 19.9. The van der Waals surface area contributed by atoms with Crippen LogP contribution in [0.15, 0.2) is 60.8 Å². The number of hydrogen-bond donors (Lipinski definition) is 1. The molecule has 2 aromatic heterocycles. The molecule has 7 nitrogen and oxygen atoms in total. The van der Waals surface area contributed by atoms with Gasteiger partial charge in [-0.15, -0.1) is 0 Å². The van der Waals surface area contributed by atoms with E-state index in [0.717, 1.165) is 36.5 Å². The number of nitrogens with one attached hydrogen (secondary N) is 1. The number of halogens is 3. The van der Waals surface area contributed by atoms with Gasteiger partial charge in [-0.05, 0) is 35.2 Å². The number of morpholine rings is 1. The van der Waals surface area contributed by atoms with Gasteiger partial charge in [0.1, 0.15) is 5.56 Å². The summed E-state index contributed by atoms with van der Waals surface area (Å²) >= 11 is 0. The van der Waals surface area contributed by atoms with Gasteiger partial charge in [-0.2, -0.15) is 18.3 Å². The first-order chi connectivity index (χ1) is 18.2. The zero-order valence-electron chi connectivity index (χ0n) is 21.1. The topological polar surface area (TPSA) is 71.8 Å². The monoisotopic (exact) mass is 523 g/mol. The van der Waals surface area contributed by atoms with E-state index in [2.05, 4.69) is 20.3 Å². The summed E-state index contributed by atoms with van der Waals surface area (Å²) in [6.07, 6.45) is -3.57. The van der Waals surface area contributed by atoms with Crippen LogP contribution in [0, 0.1) is 0 Å². The molecule has 0 unspecified atom stereocenters. The van der Waals surface area contributed by atoms with Crippen LogP contribution < -0.4 is 5.32 Å². The van der Waals surface area contributed by atoms with Crippen molar-refractivity contribution in [2.75, 3.05) is 31.6 Å². The fourth-order valence-electron chi connectivity index (χ4n) is 4.47. The maximum absolute atomic E-state index is 14.0. The Morgan fingerprint density at radius 3 is 2.50 bits per heavy atom. The van der Waals surface area contributed by atoms with Crippen molar-refractivity contribution in [2.45, 2.75) is 32.5 Å². The number of amides is 1. The van der Waals surface area contributed by atoms with E-state index < -0.39 is 17.8 Å². The Kier molecular flexibility index (Phi) is 7.18. The Morgan fingerprint density at radius 1 is 1.08 bits per heavy atom. The van der Waals surface area contributed by atoms with E-state index in [1.165, 1.54) is 0 Å². The summed E-state index contributed by atoms with van der Waals surface area (Å²) in [6, 6.07) is 15.6. The number of alkyl halides is 3. The second-order valence-corrected chi connectivity index (χ2v) is 9.64. The Bertz CT molecular complexity index is 1440. The van der Waals surface area contributed by atoms with Crippen LogP contribution in [0.2, 0.25) is 0 Å². The molecule has 1 N–H and O–H groups in total. The van der Waals surface area contributed by atoms with Gasteiger partial charge in [-0.1, -0.05) is 50.2 Å². The molecule has 4 aromatic rings. The number of anilines is 1. The summed E-state index contributed by atoms with van der Waals surface area (Å²) in [5.41, 5.74) is 2.03. The lowest BCUT2D eigenvalue weighted by Gasteiger charge is -2.26. The van der Waals surface area contributed by atoms with Crippen LogP contribution in [-0.2, 0) is 17.5 Å². The number of carbonyl (C=O) groups is 1. The molecule has 0 bridgehead atoms. The number of aromatic nitrogens is 3. The standard InChI is InChI=1S/C28H28F3N5O2/c1-18(2)20-6-8-21(9-7-20)24-15-25(28(29,30)31)36-26(34-24)23(16-32-36)27(37)33-22-5-3-4-19(14-22)17-35-10-12-38-13-11-35/h3-9,14-16,18H,10-13,17H2,1-2H3,(H,33,37). The lowest BCUT2D eigenvalue weighted by Crippen LogP contribution is -2.35. The molecular weight excluding hydrogens is 495 g/mol. The molecule has 1 fully saturated rings. The molecule has 0 radical (unpaired) electrons. The minimum absolute atomic E-state index is 0.0465. The van der Waals surface area contributed by atoms with E-state index >= 15 is 0 Å². The van der Waals surface area contributed by atoms with Crippen molar-refractivity contribution in [3.8, 4) is 11.3 Å². The molecule has 1 amide bonds. The van der Waals surface area contributed by atoms with E-state index in [0.29, 0.717) is 35.5 Å². The van der Waals surface area contributed by atoms with E-state index in [1.807, 2.05) is 44.2 Å². The van der Waals surface area contributed by atoms with Crippen LogP contribution in [0.3, 0.4) is 0 Å². The number of ether oxygens (including phenoxy) is 1. The normalized spacial score (nSPS) is 14.8. The molecule has 38 heavy (non-hydrogen) atoms. The van der Waals surface area contributed by atoms with Gasteiger partial charge >= 0.3 is 6.18 Å². The molecule has 10 heteroatoms. The Morgan fingerprint density at radius 2 is 1.82 bits per heavy atom. The third kappa shape index (κ3) is 5.56. The van der Waals surface area contributed by atoms with Gasteiger partial charge in [-0.25, -0.2) is 9.50 Å². The average Bonchev–Trinajstić information content (AvgIpc) is 3.32. The number of carbonyl (C=O) groups excluding carboxylic acids is 1. The van der Waals surface area contributed by atoms with Gasteiger partial charge in [0.15, 0.2) is 11.3 Å². The van der Waals surface area contributed by atoms with Crippen molar-refractivity contribution in [1.29, 1.82) is 0 Å². The van der Waals surface area contributed by atoms with Gasteiger partial charge in [0.2, 0.25) is 0 Å². The van der Waals surface area contributed by atoms with Crippen molar-refractivity contribution >= 4 is 17.2 Å². The Hall–Kier alpha value is -3.76. The number of rotatable bonds is 6. The zero-order chi connectivity index (χ0) is 26.9. The van der Waals surface area contributed by atoms with Gasteiger partial charge < -0.3 is 10.1 Å². The molecule has 0 spiro atoms. The Labute approximate surface area is 218 Å². The van der Waals surface area contributed by atoms with Crippen LogP contribution in [0.1, 0.15) is 46.9 Å². The van der Waals surface area contributed by atoms with Crippen molar-refractivity contribution in [1.82, 2.24) is 19.5 Å². The predicted octanol–water partition coefficient (Wildman–Crippen LogP) is 5.62. The fourth-order valence-corrected chi connectivity index (χ4v) is 4.47. The molecule has 1 saturated heterocycles. The number of hydrogen-bond acceptors (Lipinski definition) is 5. The molecule has 0 saturated carbocycles. The molecular formula is C28H28F3N5O2. The van der Waals surface area contributed by atoms with Gasteiger partial charge in [0.25, 0.3) is 5.91 Å². The highest BCUT2D eigenvalue weighted by atomic mass is 19.4. The lowest BCUT2D eigenvalue weighted by molar-refractivity contribution is -0.142. The predicted molar refractivity (Wildman–Crippen MR) is 138 cm³/mol. The van der Waals surface area contributed by atoms with E-state index in [9.17, 15) is 18.0 Å². The van der Waals surface area contributed by atoms with E-state index in [-0.39, 0.29) is 22.8 Å². The first-order valence-corrected chi connectivity index (χ1v) is 12.5. The first kappa shape index (κ1) is 25.9. The second kappa shape index (κ2) is 10.5. The summed E-state index contributed by atoms with van der Waals surface area (Å²) in [7, 11) is 0. The lowest BCUT2D eigenvalue weighted by atomic mass is 10.0. The van der Waals surface area contributed by atoms with Crippen molar-refractivity contribution < 1.29 is 22.7 Å². The highest BCUT2D eigenvalue weighted by molar-refractivity contribution is 6.08. The van der Waals surface area contributed by atoms with Crippen LogP contribution in [0.25, 0.3) is 16.9 Å². The molecule has 1 aliphatic rings. The average molecular weight is 524 g/mol. The zero-order valence-corrected chi connectivity index (χ0v) is 21.1. The fraction of sp³-hybridized carbons (Fsp3) is 0.321. The molecule has 2 aromatic carbocycles. The number of benzene rings is 2. The maximum atomic E-state index is 14.0. The second-order valence-electron chi connectivity index (χ2n) is 9.64. The van der Waals surface area contributed by atoms with Gasteiger partial charge in [-0.3, -0.25) is 9.69 Å². The van der Waals surface area contributed by atoms with Crippen molar-refractivity contribution in [2.24, 2.45) is 0 Å². The third-order valence-electron chi connectivity index (χ3n) is 6.57. The minimum Gasteiger partial charge on any atom is -0.379 e. The molecule has 198 valence electrons. The number of nitrogens with zero attached hydrogens (tertiary/aromatic N) is 4. The largest absolute Gasteiger partial charge is 0.433 e. The summed E-state index contributed by atoms with van der Waals surface area (Å²) in [6.45, 7) is 7.81. The highest BCUT2D eigenvalue weighted by Crippen LogP contribution is 2.33. The van der Waals surface area contributed by atoms with Gasteiger partial charge in [0, 0.05) is 30.9 Å².